The summed E-state index contributed by atoms with van der Waals surface area (Å²) in [6, 6.07) is 1.95. The molecule has 0 saturated heterocycles. The van der Waals surface area contributed by atoms with Crippen molar-refractivity contribution in [3.63, 3.8) is 0 Å². The van der Waals surface area contributed by atoms with Crippen LogP contribution < -0.4 is 10.5 Å². The summed E-state index contributed by atoms with van der Waals surface area (Å²) < 4.78 is 5.05. The molecule has 0 bridgehead atoms. The Morgan fingerprint density at radius 3 is 3.09 bits per heavy atom. The Hall–Kier alpha value is -1.28. The Balaban J connectivity index is 2.95. The zero-order valence-corrected chi connectivity index (χ0v) is 6.81. The fourth-order valence-corrected chi connectivity index (χ4v) is 1.20. The van der Waals surface area contributed by atoms with Gasteiger partial charge in [-0.15, -0.1) is 0 Å². The van der Waals surface area contributed by atoms with Gasteiger partial charge in [0, 0.05) is 0 Å². The summed E-state index contributed by atoms with van der Waals surface area (Å²) in [6.07, 6.45) is 0. The number of aromatic nitrogens is 1. The third kappa shape index (κ3) is 1.59. The largest absolute Gasteiger partial charge is 0.476 e. The number of hydrogen-bond acceptors (Lipinski definition) is 5. The molecule has 1 rings (SSSR count). The highest BCUT2D eigenvalue weighted by molar-refractivity contribution is 7.16. The Morgan fingerprint density at radius 2 is 2.55 bits per heavy atom. The van der Waals surface area contributed by atoms with E-state index in [1.165, 1.54) is 0 Å². The van der Waals surface area contributed by atoms with Crippen molar-refractivity contribution >= 4 is 16.5 Å². The Labute approximate surface area is 68.2 Å². The van der Waals surface area contributed by atoms with E-state index in [0.29, 0.717) is 22.5 Å². The highest BCUT2D eigenvalue weighted by atomic mass is 32.1. The molecule has 58 valence electrons. The van der Waals surface area contributed by atoms with Crippen LogP contribution in [0.15, 0.2) is 0 Å². The van der Waals surface area contributed by atoms with Crippen LogP contribution in [-0.2, 0) is 0 Å². The average Bonchev–Trinajstić information content (AvgIpc) is 2.32. The number of nitriles is 1. The number of nitrogens with two attached hydrogens (primary N) is 1. The van der Waals surface area contributed by atoms with Gasteiger partial charge in [-0.2, -0.15) is 10.2 Å². The van der Waals surface area contributed by atoms with Crippen LogP contribution in [0.4, 0.5) is 5.13 Å². The number of rotatable bonds is 2. The second kappa shape index (κ2) is 3.21. The predicted molar refractivity (Wildman–Crippen MR) is 42.4 cm³/mol. The first-order chi connectivity index (χ1) is 5.27. The molecule has 0 aliphatic carbocycles. The van der Waals surface area contributed by atoms with Crippen LogP contribution in [0.1, 0.15) is 11.8 Å². The van der Waals surface area contributed by atoms with Gasteiger partial charge in [0.1, 0.15) is 6.07 Å². The average molecular weight is 169 g/mol. The minimum atomic E-state index is 0.345. The normalized spacial score (nSPS) is 9.09. The Bertz CT molecular complexity index is 289. The van der Waals surface area contributed by atoms with Crippen LogP contribution in [0.2, 0.25) is 0 Å². The lowest BCUT2D eigenvalue weighted by Gasteiger charge is -1.95. The summed E-state index contributed by atoms with van der Waals surface area (Å²) in [5.74, 6) is 0.345. The van der Waals surface area contributed by atoms with Crippen molar-refractivity contribution in [2.75, 3.05) is 12.3 Å². The third-order valence-corrected chi connectivity index (χ3v) is 1.77. The lowest BCUT2D eigenvalue weighted by atomic mass is 10.6. The first-order valence-electron chi connectivity index (χ1n) is 3.07. The van der Waals surface area contributed by atoms with Gasteiger partial charge in [-0.1, -0.05) is 11.3 Å². The van der Waals surface area contributed by atoms with E-state index in [1.54, 1.807) is 0 Å². The molecule has 0 atom stereocenters. The van der Waals surface area contributed by atoms with Gasteiger partial charge >= 0.3 is 0 Å². The van der Waals surface area contributed by atoms with Crippen molar-refractivity contribution < 1.29 is 4.74 Å². The molecule has 5 heteroatoms. The molecule has 1 heterocycles. The lowest BCUT2D eigenvalue weighted by Crippen LogP contribution is -1.93. The molecular formula is C6H7N3OS. The van der Waals surface area contributed by atoms with Gasteiger partial charge in [0.25, 0.3) is 0 Å². The van der Waals surface area contributed by atoms with Gasteiger partial charge in [-0.25, -0.2) is 0 Å². The summed E-state index contributed by atoms with van der Waals surface area (Å²) >= 11 is 1.13. The number of thiazole rings is 1. The highest BCUT2D eigenvalue weighted by Gasteiger charge is 2.08. The van der Waals surface area contributed by atoms with E-state index >= 15 is 0 Å². The molecule has 0 radical (unpaired) electrons. The van der Waals surface area contributed by atoms with E-state index in [9.17, 15) is 0 Å². The fraction of sp³-hybridized carbons (Fsp3) is 0.333. The standard InChI is InChI=1S/C6H7N3OS/c1-2-10-5-4(3-7)11-6(8)9-5/h2H2,1H3,(H2,8,9). The van der Waals surface area contributed by atoms with E-state index in [2.05, 4.69) is 4.98 Å². The molecule has 0 unspecified atom stereocenters. The van der Waals surface area contributed by atoms with Crippen LogP contribution in [0, 0.1) is 11.3 Å². The van der Waals surface area contributed by atoms with Crippen molar-refractivity contribution in [1.82, 2.24) is 4.98 Å². The fourth-order valence-electron chi connectivity index (χ4n) is 0.627. The first-order valence-corrected chi connectivity index (χ1v) is 3.88. The molecule has 0 aromatic carbocycles. The summed E-state index contributed by atoms with van der Waals surface area (Å²) in [5, 5.41) is 8.91. The summed E-state index contributed by atoms with van der Waals surface area (Å²) in [7, 11) is 0. The molecule has 1 aromatic heterocycles. The molecule has 2 N–H and O–H groups in total. The minimum absolute atomic E-state index is 0.345. The zero-order valence-electron chi connectivity index (χ0n) is 6.00. The quantitative estimate of drug-likeness (QED) is 0.716. The van der Waals surface area contributed by atoms with Crippen molar-refractivity contribution in [1.29, 1.82) is 5.26 Å². The highest BCUT2D eigenvalue weighted by Crippen LogP contribution is 2.25. The van der Waals surface area contributed by atoms with Crippen LogP contribution >= 0.6 is 11.3 Å². The topological polar surface area (TPSA) is 71.9 Å². The summed E-state index contributed by atoms with van der Waals surface area (Å²) in [5.41, 5.74) is 5.36. The van der Waals surface area contributed by atoms with E-state index in [4.69, 9.17) is 15.7 Å². The van der Waals surface area contributed by atoms with Crippen molar-refractivity contribution in [3.8, 4) is 11.9 Å². The summed E-state index contributed by atoms with van der Waals surface area (Å²) in [6.45, 7) is 2.33. The number of nitrogens with zero attached hydrogens (tertiary/aromatic N) is 2. The minimum Gasteiger partial charge on any atom is -0.476 e. The molecule has 11 heavy (non-hydrogen) atoms. The Morgan fingerprint density at radius 1 is 1.82 bits per heavy atom. The maximum atomic E-state index is 8.54. The molecule has 0 saturated carbocycles. The number of ether oxygens (including phenoxy) is 1. The van der Waals surface area contributed by atoms with Crippen LogP contribution in [0.3, 0.4) is 0 Å². The maximum Gasteiger partial charge on any atom is 0.245 e. The molecule has 0 spiro atoms. The molecule has 4 nitrogen and oxygen atoms in total. The van der Waals surface area contributed by atoms with E-state index in [1.807, 2.05) is 13.0 Å². The second-order valence-corrected chi connectivity index (χ2v) is 2.76. The van der Waals surface area contributed by atoms with E-state index in [-0.39, 0.29) is 0 Å². The molecule has 0 fully saturated rings. The van der Waals surface area contributed by atoms with Gasteiger partial charge in [-0.05, 0) is 6.92 Å². The SMILES string of the molecule is CCOc1nc(N)sc1C#N. The van der Waals surface area contributed by atoms with E-state index < -0.39 is 0 Å². The van der Waals surface area contributed by atoms with Crippen molar-refractivity contribution in [3.05, 3.63) is 4.88 Å². The smallest absolute Gasteiger partial charge is 0.245 e. The number of hydrogen-bond donors (Lipinski definition) is 1. The van der Waals surface area contributed by atoms with Crippen LogP contribution in [-0.4, -0.2) is 11.6 Å². The molecular weight excluding hydrogens is 162 g/mol. The van der Waals surface area contributed by atoms with Crippen molar-refractivity contribution in [2.45, 2.75) is 6.92 Å². The molecule has 1 aromatic rings. The van der Waals surface area contributed by atoms with Gasteiger partial charge < -0.3 is 10.5 Å². The van der Waals surface area contributed by atoms with Gasteiger partial charge in [0.2, 0.25) is 5.88 Å². The van der Waals surface area contributed by atoms with Gasteiger partial charge in [0.05, 0.1) is 6.61 Å². The lowest BCUT2D eigenvalue weighted by molar-refractivity contribution is 0.328. The number of anilines is 1. The summed E-state index contributed by atoms with van der Waals surface area (Å²) in [4.78, 5) is 4.26. The van der Waals surface area contributed by atoms with Crippen LogP contribution in [0.25, 0.3) is 0 Å². The first kappa shape index (κ1) is 7.82. The van der Waals surface area contributed by atoms with Gasteiger partial charge in [0.15, 0.2) is 10.0 Å². The molecule has 0 aliphatic heterocycles. The second-order valence-electron chi connectivity index (χ2n) is 1.73. The van der Waals surface area contributed by atoms with E-state index in [0.717, 1.165) is 11.3 Å². The predicted octanol–water partition coefficient (Wildman–Crippen LogP) is 0.996. The Kier molecular flexibility index (Phi) is 2.28. The zero-order chi connectivity index (χ0) is 8.27. The van der Waals surface area contributed by atoms with Crippen LogP contribution in [0.5, 0.6) is 5.88 Å². The van der Waals surface area contributed by atoms with Gasteiger partial charge in [-0.3, -0.25) is 0 Å². The molecule has 0 amide bonds. The number of nitrogen functional groups attached to an aromatic ring is 1. The molecule has 0 aliphatic rings. The van der Waals surface area contributed by atoms with Crippen molar-refractivity contribution in [2.24, 2.45) is 0 Å². The third-order valence-electron chi connectivity index (χ3n) is 0.995. The monoisotopic (exact) mass is 169 g/mol. The maximum absolute atomic E-state index is 8.54.